The van der Waals surface area contributed by atoms with E-state index in [1.165, 1.54) is 5.56 Å². The second-order valence-electron chi connectivity index (χ2n) is 6.34. The minimum Gasteiger partial charge on any atom is -0.293 e. The molecule has 1 aromatic carbocycles. The van der Waals surface area contributed by atoms with E-state index in [0.29, 0.717) is 6.04 Å². The number of rotatable bonds is 11. The standard InChI is InChI=1S/C21H32N4.C2H6/c1-7-21(23-19(5)16-20-12-10-9-11-13-20)17-24(18(3)4)14-15-25(8-2)22-6;1-2/h7-13,18H,2,6,14-17H2,1,3-5H3;1-2H3/b21-7-,23-19?;. The molecule has 150 valence electrons. The molecule has 27 heavy (non-hydrogen) atoms. The average molecular weight is 371 g/mol. The van der Waals surface area contributed by atoms with E-state index in [1.54, 1.807) is 11.2 Å². The summed E-state index contributed by atoms with van der Waals surface area (Å²) in [5.74, 6) is 0. The van der Waals surface area contributed by atoms with Gasteiger partial charge in [-0.05, 0) is 33.3 Å². The van der Waals surface area contributed by atoms with Gasteiger partial charge in [-0.1, -0.05) is 56.8 Å². The Kier molecular flexibility index (Phi) is 13.7. The van der Waals surface area contributed by atoms with Gasteiger partial charge in [0.2, 0.25) is 0 Å². The van der Waals surface area contributed by atoms with E-state index in [4.69, 9.17) is 4.99 Å². The molecule has 0 heterocycles. The molecule has 0 radical (unpaired) electrons. The number of benzene rings is 1. The van der Waals surface area contributed by atoms with Crippen molar-refractivity contribution in [3.05, 3.63) is 60.4 Å². The Morgan fingerprint density at radius 3 is 2.26 bits per heavy atom. The van der Waals surface area contributed by atoms with E-state index >= 15 is 0 Å². The van der Waals surface area contributed by atoms with Gasteiger partial charge in [0, 0.05) is 44.2 Å². The third kappa shape index (κ3) is 10.5. The Bertz CT molecular complexity index is 580. The maximum absolute atomic E-state index is 4.85. The van der Waals surface area contributed by atoms with Crippen molar-refractivity contribution in [2.75, 3.05) is 19.6 Å². The summed E-state index contributed by atoms with van der Waals surface area (Å²) >= 11 is 0. The molecule has 0 bridgehead atoms. The Balaban J connectivity index is 0.00000326. The number of allylic oxidation sites excluding steroid dienone is 1. The molecule has 4 heteroatoms. The van der Waals surface area contributed by atoms with Gasteiger partial charge in [0.05, 0.1) is 12.2 Å². The zero-order valence-corrected chi connectivity index (χ0v) is 18.2. The third-order valence-electron chi connectivity index (χ3n) is 4.07. The van der Waals surface area contributed by atoms with Gasteiger partial charge in [-0.15, -0.1) is 0 Å². The highest BCUT2D eigenvalue weighted by molar-refractivity contribution is 5.85. The van der Waals surface area contributed by atoms with Crippen LogP contribution in [0, 0.1) is 0 Å². The lowest BCUT2D eigenvalue weighted by atomic mass is 10.1. The molecule has 0 fully saturated rings. The van der Waals surface area contributed by atoms with Gasteiger partial charge < -0.3 is 0 Å². The van der Waals surface area contributed by atoms with Gasteiger partial charge in [-0.3, -0.25) is 14.9 Å². The smallest absolute Gasteiger partial charge is 0.0536 e. The Morgan fingerprint density at radius 1 is 1.15 bits per heavy atom. The fourth-order valence-corrected chi connectivity index (χ4v) is 2.55. The lowest BCUT2D eigenvalue weighted by Gasteiger charge is -2.28. The summed E-state index contributed by atoms with van der Waals surface area (Å²) in [7, 11) is 0. The molecule has 0 saturated heterocycles. The van der Waals surface area contributed by atoms with Crippen LogP contribution < -0.4 is 0 Å². The molecule has 4 nitrogen and oxygen atoms in total. The average Bonchev–Trinajstić information content (AvgIpc) is 2.69. The molecule has 0 saturated carbocycles. The fraction of sp³-hybridized carbons (Fsp3) is 0.478. The van der Waals surface area contributed by atoms with Gasteiger partial charge in [0.15, 0.2) is 0 Å². The molecule has 1 rings (SSSR count). The van der Waals surface area contributed by atoms with Crippen molar-refractivity contribution >= 4 is 12.4 Å². The van der Waals surface area contributed by atoms with Crippen LogP contribution in [-0.2, 0) is 6.42 Å². The minimum absolute atomic E-state index is 0.427. The van der Waals surface area contributed by atoms with E-state index in [0.717, 1.165) is 37.5 Å². The molecule has 0 aromatic heterocycles. The Morgan fingerprint density at radius 2 is 1.78 bits per heavy atom. The quantitative estimate of drug-likeness (QED) is 0.386. The second kappa shape index (κ2) is 14.9. The first-order valence-corrected chi connectivity index (χ1v) is 9.83. The van der Waals surface area contributed by atoms with Crippen LogP contribution in [0.2, 0.25) is 0 Å². The molecule has 1 aromatic rings. The third-order valence-corrected chi connectivity index (χ3v) is 4.07. The first-order chi connectivity index (χ1) is 13.0. The predicted molar refractivity (Wildman–Crippen MR) is 122 cm³/mol. The van der Waals surface area contributed by atoms with Crippen molar-refractivity contribution in [3.8, 4) is 0 Å². The summed E-state index contributed by atoms with van der Waals surface area (Å²) in [6, 6.07) is 10.9. The van der Waals surface area contributed by atoms with Crippen molar-refractivity contribution in [2.45, 2.75) is 54.0 Å². The highest BCUT2D eigenvalue weighted by atomic mass is 15.4. The van der Waals surface area contributed by atoms with Crippen LogP contribution in [0.3, 0.4) is 0 Å². The minimum atomic E-state index is 0.427. The maximum Gasteiger partial charge on any atom is 0.0536 e. The van der Waals surface area contributed by atoms with Crippen LogP contribution in [-0.4, -0.2) is 48.0 Å². The first kappa shape index (κ1) is 24.8. The normalized spacial score (nSPS) is 11.9. The highest BCUT2D eigenvalue weighted by Crippen LogP contribution is 2.09. The zero-order chi connectivity index (χ0) is 20.7. The van der Waals surface area contributed by atoms with Gasteiger partial charge >= 0.3 is 0 Å². The number of aliphatic imine (C=N–C) groups is 1. The van der Waals surface area contributed by atoms with Crippen LogP contribution in [0.5, 0.6) is 0 Å². The van der Waals surface area contributed by atoms with Gasteiger partial charge in [-0.25, -0.2) is 0 Å². The molecule has 0 N–H and O–H groups in total. The van der Waals surface area contributed by atoms with Gasteiger partial charge in [-0.2, -0.15) is 5.10 Å². The molecular weight excluding hydrogens is 332 g/mol. The van der Waals surface area contributed by atoms with Crippen LogP contribution in [0.4, 0.5) is 0 Å². The monoisotopic (exact) mass is 370 g/mol. The van der Waals surface area contributed by atoms with Gasteiger partial charge in [0.25, 0.3) is 0 Å². The summed E-state index contributed by atoms with van der Waals surface area (Å²) in [5, 5.41) is 5.69. The van der Waals surface area contributed by atoms with Crippen LogP contribution in [0.15, 0.2) is 65.0 Å². The van der Waals surface area contributed by atoms with Gasteiger partial charge in [0.1, 0.15) is 0 Å². The van der Waals surface area contributed by atoms with Crippen molar-refractivity contribution in [3.63, 3.8) is 0 Å². The highest BCUT2D eigenvalue weighted by Gasteiger charge is 2.12. The molecule has 0 aliphatic rings. The largest absolute Gasteiger partial charge is 0.293 e. The van der Waals surface area contributed by atoms with Crippen molar-refractivity contribution < 1.29 is 0 Å². The summed E-state index contributed by atoms with van der Waals surface area (Å²) in [5.41, 5.74) is 3.51. The van der Waals surface area contributed by atoms with E-state index < -0.39 is 0 Å². The molecule has 0 atom stereocenters. The summed E-state index contributed by atoms with van der Waals surface area (Å²) in [6.45, 7) is 22.3. The SMILES string of the molecule is C=CN(CCN(C/C(=C/C)N=C(C)Cc1ccccc1)C(C)C)N=C.CC. The Hall–Kier alpha value is -2.20. The fourth-order valence-electron chi connectivity index (χ4n) is 2.55. The molecule has 0 aliphatic carbocycles. The lowest BCUT2D eigenvalue weighted by molar-refractivity contribution is 0.213. The topological polar surface area (TPSA) is 31.2 Å². The number of hydrazone groups is 1. The predicted octanol–water partition coefficient (Wildman–Crippen LogP) is 5.39. The molecule has 0 spiro atoms. The molecule has 0 unspecified atom stereocenters. The Labute approximate surface area is 167 Å². The van der Waals surface area contributed by atoms with E-state index in [1.807, 2.05) is 19.9 Å². The zero-order valence-electron chi connectivity index (χ0n) is 18.2. The summed E-state index contributed by atoms with van der Waals surface area (Å²) < 4.78 is 0. The lowest BCUT2D eigenvalue weighted by Crippen LogP contribution is -2.37. The number of hydrogen-bond acceptors (Lipinski definition) is 4. The van der Waals surface area contributed by atoms with Crippen molar-refractivity contribution in [2.24, 2.45) is 10.1 Å². The maximum atomic E-state index is 4.85. The van der Waals surface area contributed by atoms with E-state index in [2.05, 4.69) is 81.3 Å². The first-order valence-electron chi connectivity index (χ1n) is 9.83. The summed E-state index contributed by atoms with van der Waals surface area (Å²) in [4.78, 5) is 7.23. The number of nitrogens with zero attached hydrogens (tertiary/aromatic N) is 4. The van der Waals surface area contributed by atoms with Crippen LogP contribution in [0.25, 0.3) is 0 Å². The second-order valence-corrected chi connectivity index (χ2v) is 6.34. The van der Waals surface area contributed by atoms with E-state index in [9.17, 15) is 0 Å². The molecule has 0 amide bonds. The van der Waals surface area contributed by atoms with Crippen LogP contribution >= 0.6 is 0 Å². The van der Waals surface area contributed by atoms with E-state index in [-0.39, 0.29) is 0 Å². The number of hydrogen-bond donors (Lipinski definition) is 0. The van der Waals surface area contributed by atoms with Crippen LogP contribution in [0.1, 0.15) is 47.1 Å². The summed E-state index contributed by atoms with van der Waals surface area (Å²) in [6.07, 6.45) is 4.68. The van der Waals surface area contributed by atoms with Crippen molar-refractivity contribution in [1.82, 2.24) is 9.91 Å². The molecule has 0 aliphatic heterocycles. The van der Waals surface area contributed by atoms with Crippen molar-refractivity contribution in [1.29, 1.82) is 0 Å². The molecular formula is C23H38N4.